The Morgan fingerprint density at radius 2 is 1.57 bits per heavy atom. The lowest BCUT2D eigenvalue weighted by atomic mass is 9.80. The number of allylic oxidation sites excluding steroid dienone is 1. The third kappa shape index (κ3) is 5.44. The van der Waals surface area contributed by atoms with Crippen LogP contribution in [0.4, 0.5) is 11.4 Å². The van der Waals surface area contributed by atoms with E-state index in [0.717, 1.165) is 22.5 Å². The van der Waals surface area contributed by atoms with Crippen molar-refractivity contribution in [2.24, 2.45) is 10.7 Å². The van der Waals surface area contributed by atoms with Crippen LogP contribution in [-0.4, -0.2) is 18.4 Å². The number of amidine groups is 1. The Labute approximate surface area is 206 Å². The number of ether oxygens (including phenoxy) is 1. The van der Waals surface area contributed by atoms with Crippen LogP contribution in [0, 0.1) is 6.92 Å². The SMILES string of the molecule is CCOC(=O)C1=C(C)NC(Nc2ccccc2)=C(C(N)=Nc2ccc(C)cc2)C1c1ccccc1. The van der Waals surface area contributed by atoms with Gasteiger partial charge in [0.1, 0.15) is 11.7 Å². The molecule has 4 rings (SSSR count). The van der Waals surface area contributed by atoms with Crippen LogP contribution in [0.25, 0.3) is 0 Å². The van der Waals surface area contributed by atoms with Crippen molar-refractivity contribution in [2.75, 3.05) is 11.9 Å². The predicted octanol–water partition coefficient (Wildman–Crippen LogP) is 5.53. The predicted molar refractivity (Wildman–Crippen MR) is 141 cm³/mol. The number of nitrogens with two attached hydrogens (primary N) is 1. The van der Waals surface area contributed by atoms with Gasteiger partial charge in [-0.25, -0.2) is 9.79 Å². The number of benzene rings is 3. The number of anilines is 1. The molecule has 1 atom stereocenters. The van der Waals surface area contributed by atoms with Crippen LogP contribution >= 0.6 is 0 Å². The first kappa shape index (κ1) is 23.8. The molecule has 1 aliphatic rings. The maximum atomic E-state index is 13.2. The van der Waals surface area contributed by atoms with Crippen LogP contribution in [0.1, 0.15) is 30.9 Å². The van der Waals surface area contributed by atoms with Gasteiger partial charge in [-0.2, -0.15) is 0 Å². The second-order valence-corrected chi connectivity index (χ2v) is 8.34. The smallest absolute Gasteiger partial charge is 0.336 e. The van der Waals surface area contributed by atoms with Crippen LogP contribution < -0.4 is 16.4 Å². The molecule has 0 saturated heterocycles. The van der Waals surface area contributed by atoms with E-state index in [1.54, 1.807) is 6.92 Å². The molecule has 6 heteroatoms. The summed E-state index contributed by atoms with van der Waals surface area (Å²) in [6, 6.07) is 27.5. The lowest BCUT2D eigenvalue weighted by molar-refractivity contribution is -0.138. The van der Waals surface area contributed by atoms with E-state index in [2.05, 4.69) is 10.6 Å². The third-order valence-electron chi connectivity index (χ3n) is 5.79. The van der Waals surface area contributed by atoms with Crippen LogP contribution in [0.2, 0.25) is 0 Å². The number of aliphatic imine (C=N–C) groups is 1. The molecule has 178 valence electrons. The molecule has 6 nitrogen and oxygen atoms in total. The van der Waals surface area contributed by atoms with Gasteiger partial charge in [-0.05, 0) is 50.6 Å². The van der Waals surface area contributed by atoms with Crippen molar-refractivity contribution < 1.29 is 9.53 Å². The highest BCUT2D eigenvalue weighted by molar-refractivity contribution is 6.05. The summed E-state index contributed by atoms with van der Waals surface area (Å²) in [4.78, 5) is 17.9. The van der Waals surface area contributed by atoms with Gasteiger partial charge in [-0.1, -0.05) is 66.2 Å². The maximum Gasteiger partial charge on any atom is 0.336 e. The van der Waals surface area contributed by atoms with Gasteiger partial charge >= 0.3 is 5.97 Å². The average Bonchev–Trinajstić information content (AvgIpc) is 2.86. The molecule has 4 N–H and O–H groups in total. The van der Waals surface area contributed by atoms with Gasteiger partial charge in [0.25, 0.3) is 0 Å². The Balaban J connectivity index is 1.91. The summed E-state index contributed by atoms with van der Waals surface area (Å²) in [5.74, 6) is 0.120. The van der Waals surface area contributed by atoms with Gasteiger partial charge in [0, 0.05) is 17.0 Å². The number of hydrogen-bond donors (Lipinski definition) is 3. The molecule has 0 aromatic heterocycles. The number of para-hydroxylation sites is 1. The van der Waals surface area contributed by atoms with E-state index in [1.807, 2.05) is 98.8 Å². The first-order chi connectivity index (χ1) is 17.0. The van der Waals surface area contributed by atoms with Gasteiger partial charge in [0.2, 0.25) is 0 Å². The van der Waals surface area contributed by atoms with Gasteiger partial charge in [0.15, 0.2) is 0 Å². The van der Waals surface area contributed by atoms with Gasteiger partial charge < -0.3 is 21.1 Å². The van der Waals surface area contributed by atoms with E-state index >= 15 is 0 Å². The molecular formula is C29H30N4O2. The topological polar surface area (TPSA) is 88.7 Å². The van der Waals surface area contributed by atoms with Crippen molar-refractivity contribution in [2.45, 2.75) is 26.7 Å². The largest absolute Gasteiger partial charge is 0.463 e. The summed E-state index contributed by atoms with van der Waals surface area (Å²) in [6.45, 7) is 5.97. The highest BCUT2D eigenvalue weighted by Crippen LogP contribution is 2.39. The molecule has 0 fully saturated rings. The quantitative estimate of drug-likeness (QED) is 0.242. The molecule has 0 spiro atoms. The van der Waals surface area contributed by atoms with Crippen LogP contribution in [0.15, 0.2) is 113 Å². The van der Waals surface area contributed by atoms with E-state index in [0.29, 0.717) is 28.5 Å². The number of dihydropyridines is 1. The monoisotopic (exact) mass is 466 g/mol. The number of carbonyl (C=O) groups excluding carboxylic acids is 1. The Bertz CT molecular complexity index is 1280. The highest BCUT2D eigenvalue weighted by atomic mass is 16.5. The lowest BCUT2D eigenvalue weighted by Crippen LogP contribution is -2.37. The van der Waals surface area contributed by atoms with Crippen molar-refractivity contribution in [1.29, 1.82) is 0 Å². The fourth-order valence-electron chi connectivity index (χ4n) is 4.14. The van der Waals surface area contributed by atoms with Crippen LogP contribution in [0.5, 0.6) is 0 Å². The van der Waals surface area contributed by atoms with Crippen molar-refractivity contribution in [1.82, 2.24) is 5.32 Å². The molecule has 0 bridgehead atoms. The minimum Gasteiger partial charge on any atom is -0.463 e. The Morgan fingerprint density at radius 3 is 2.20 bits per heavy atom. The minimum atomic E-state index is -0.475. The molecule has 0 radical (unpaired) electrons. The molecule has 0 amide bonds. The number of hydrogen-bond acceptors (Lipinski definition) is 5. The van der Waals surface area contributed by atoms with Crippen molar-refractivity contribution in [3.8, 4) is 0 Å². The normalized spacial score (nSPS) is 16.1. The second kappa shape index (κ2) is 10.7. The first-order valence-corrected chi connectivity index (χ1v) is 11.6. The van der Waals surface area contributed by atoms with Crippen molar-refractivity contribution in [3.63, 3.8) is 0 Å². The molecular weight excluding hydrogens is 436 g/mol. The van der Waals surface area contributed by atoms with E-state index in [1.165, 1.54) is 0 Å². The Kier molecular flexibility index (Phi) is 7.31. The number of esters is 1. The molecule has 0 aliphatic carbocycles. The van der Waals surface area contributed by atoms with Gasteiger partial charge in [-0.3, -0.25) is 0 Å². The molecule has 1 aliphatic heterocycles. The molecule has 0 saturated carbocycles. The molecule has 3 aromatic carbocycles. The van der Waals surface area contributed by atoms with Crippen molar-refractivity contribution >= 4 is 23.2 Å². The zero-order valence-corrected chi connectivity index (χ0v) is 20.2. The first-order valence-electron chi connectivity index (χ1n) is 11.6. The third-order valence-corrected chi connectivity index (χ3v) is 5.79. The molecule has 1 unspecified atom stereocenters. The fraction of sp³-hybridized carbons (Fsp3) is 0.172. The van der Waals surface area contributed by atoms with Crippen LogP contribution in [-0.2, 0) is 9.53 Å². The van der Waals surface area contributed by atoms with Gasteiger partial charge in [-0.15, -0.1) is 0 Å². The molecule has 3 aromatic rings. The summed E-state index contributed by atoms with van der Waals surface area (Å²) in [6.07, 6.45) is 0. The number of carbonyl (C=O) groups is 1. The number of rotatable bonds is 7. The van der Waals surface area contributed by atoms with Crippen molar-refractivity contribution in [3.05, 3.63) is 119 Å². The summed E-state index contributed by atoms with van der Waals surface area (Å²) in [7, 11) is 0. The Hall–Kier alpha value is -4.32. The van der Waals surface area contributed by atoms with Gasteiger partial charge in [0.05, 0.1) is 23.8 Å². The standard InChI is InChI=1S/C29H30N4O2/c1-4-35-29(34)24-20(3)31-28(33-22-13-9-6-10-14-22)26(25(24)21-11-7-5-8-12-21)27(30)32-23-17-15-19(2)16-18-23/h5-18,25,31,33H,4H2,1-3H3,(H2,30,32). The highest BCUT2D eigenvalue weighted by Gasteiger charge is 2.37. The number of nitrogens with one attached hydrogen (secondary N) is 2. The zero-order valence-electron chi connectivity index (χ0n) is 20.2. The fourth-order valence-corrected chi connectivity index (χ4v) is 4.14. The van der Waals surface area contributed by atoms with E-state index < -0.39 is 5.92 Å². The lowest BCUT2D eigenvalue weighted by Gasteiger charge is -2.32. The summed E-state index contributed by atoms with van der Waals surface area (Å²) < 4.78 is 5.46. The minimum absolute atomic E-state index is 0.276. The van der Waals surface area contributed by atoms with E-state index in [9.17, 15) is 4.79 Å². The summed E-state index contributed by atoms with van der Waals surface area (Å²) in [5, 5.41) is 6.82. The zero-order chi connectivity index (χ0) is 24.8. The van der Waals surface area contributed by atoms with E-state index in [4.69, 9.17) is 15.5 Å². The number of nitrogens with zero attached hydrogens (tertiary/aromatic N) is 1. The Morgan fingerprint density at radius 1 is 0.943 bits per heavy atom. The maximum absolute atomic E-state index is 13.2. The summed E-state index contributed by atoms with van der Waals surface area (Å²) in [5.41, 5.74) is 12.3. The van der Waals surface area contributed by atoms with Crippen LogP contribution in [0.3, 0.4) is 0 Å². The second-order valence-electron chi connectivity index (χ2n) is 8.34. The number of aryl methyl sites for hydroxylation is 1. The molecule has 35 heavy (non-hydrogen) atoms. The summed E-state index contributed by atoms with van der Waals surface area (Å²) >= 11 is 0. The van der Waals surface area contributed by atoms with E-state index in [-0.39, 0.29) is 12.6 Å². The average molecular weight is 467 g/mol. The molecule has 1 heterocycles.